The van der Waals surface area contributed by atoms with Crippen molar-refractivity contribution >= 4 is 17.6 Å². The van der Waals surface area contributed by atoms with Gasteiger partial charge in [0.25, 0.3) is 0 Å². The first kappa shape index (κ1) is 18.6. The summed E-state index contributed by atoms with van der Waals surface area (Å²) in [6.07, 6.45) is -4.50. The highest BCUT2D eigenvalue weighted by atomic mass is 35.5. The van der Waals surface area contributed by atoms with Crippen molar-refractivity contribution < 1.29 is 23.1 Å². The van der Waals surface area contributed by atoms with Crippen molar-refractivity contribution in [1.29, 1.82) is 0 Å². The third kappa shape index (κ3) is 3.98. The average Bonchev–Trinajstić information content (AvgIpc) is 2.60. The van der Waals surface area contributed by atoms with Gasteiger partial charge in [-0.05, 0) is 30.3 Å². The molecule has 0 fully saturated rings. The molecule has 0 saturated heterocycles. The first-order chi connectivity index (χ1) is 12.6. The van der Waals surface area contributed by atoms with E-state index in [2.05, 4.69) is 15.0 Å². The van der Waals surface area contributed by atoms with Crippen molar-refractivity contribution in [2.75, 3.05) is 0 Å². The minimum Gasteiger partial charge on any atom is -0.478 e. The molecule has 0 aliphatic heterocycles. The zero-order valence-electron chi connectivity index (χ0n) is 13.2. The molecule has 10 heteroatoms. The van der Waals surface area contributed by atoms with Crippen LogP contribution in [0.3, 0.4) is 0 Å². The zero-order chi connectivity index (χ0) is 19.8. The largest absolute Gasteiger partial charge is 0.478 e. The number of aromatic nitrogens is 3. The fourth-order valence-corrected chi connectivity index (χ4v) is 2.50. The summed E-state index contributed by atoms with van der Waals surface area (Å²) in [7, 11) is 0. The predicted octanol–water partition coefficient (Wildman–Crippen LogP) is 3.87. The molecule has 0 aliphatic rings. The maximum absolute atomic E-state index is 12.7. The van der Waals surface area contributed by atoms with Crippen molar-refractivity contribution in [2.24, 2.45) is 0 Å². The number of hydrogen-bond donors (Lipinski definition) is 2. The van der Waals surface area contributed by atoms with E-state index in [1.54, 1.807) is 0 Å². The molecule has 0 spiro atoms. The van der Waals surface area contributed by atoms with Crippen molar-refractivity contribution in [1.82, 2.24) is 15.0 Å². The molecule has 2 N–H and O–H groups in total. The Morgan fingerprint density at radius 2 is 1.74 bits per heavy atom. The fourth-order valence-electron chi connectivity index (χ4n) is 2.29. The minimum absolute atomic E-state index is 0.0574. The molecular formula is C17H9ClF3N3O3. The number of alkyl halides is 3. The summed E-state index contributed by atoms with van der Waals surface area (Å²) in [5.41, 5.74) is -1.42. The van der Waals surface area contributed by atoms with Crippen LogP contribution in [0.1, 0.15) is 15.9 Å². The zero-order valence-corrected chi connectivity index (χ0v) is 14.0. The van der Waals surface area contributed by atoms with Gasteiger partial charge in [0.15, 0.2) is 5.82 Å². The van der Waals surface area contributed by atoms with Crippen LogP contribution in [-0.2, 0) is 6.18 Å². The lowest BCUT2D eigenvalue weighted by Gasteiger charge is -2.08. The van der Waals surface area contributed by atoms with Crippen LogP contribution in [0.5, 0.6) is 0 Å². The topological polar surface area (TPSA) is 95.9 Å². The van der Waals surface area contributed by atoms with Gasteiger partial charge in [0.05, 0.1) is 16.1 Å². The van der Waals surface area contributed by atoms with E-state index < -0.39 is 23.4 Å². The van der Waals surface area contributed by atoms with Crippen molar-refractivity contribution in [3.05, 3.63) is 69.1 Å². The molecule has 3 rings (SSSR count). The molecule has 0 radical (unpaired) electrons. The van der Waals surface area contributed by atoms with Gasteiger partial charge in [-0.3, -0.25) is 4.98 Å². The van der Waals surface area contributed by atoms with E-state index in [1.165, 1.54) is 18.2 Å². The highest BCUT2D eigenvalue weighted by Crippen LogP contribution is 2.31. The van der Waals surface area contributed by atoms with Crippen LogP contribution in [0.2, 0.25) is 5.02 Å². The quantitative estimate of drug-likeness (QED) is 0.701. The molecule has 0 amide bonds. The number of aromatic carboxylic acids is 1. The molecule has 3 aromatic rings. The van der Waals surface area contributed by atoms with Gasteiger partial charge in [-0.1, -0.05) is 23.7 Å². The van der Waals surface area contributed by atoms with E-state index in [0.29, 0.717) is 0 Å². The second-order valence-corrected chi connectivity index (χ2v) is 5.81. The predicted molar refractivity (Wildman–Crippen MR) is 90.5 cm³/mol. The second kappa shape index (κ2) is 6.84. The second-order valence-electron chi connectivity index (χ2n) is 5.40. The van der Waals surface area contributed by atoms with Crippen LogP contribution in [0.15, 0.2) is 47.3 Å². The lowest BCUT2D eigenvalue weighted by Crippen LogP contribution is -2.15. The van der Waals surface area contributed by atoms with Gasteiger partial charge in [-0.25, -0.2) is 14.6 Å². The monoisotopic (exact) mass is 395 g/mol. The number of carbonyl (C=O) groups is 1. The Morgan fingerprint density at radius 1 is 1.07 bits per heavy atom. The van der Waals surface area contributed by atoms with E-state index in [0.717, 1.165) is 24.3 Å². The Labute approximate surface area is 154 Å². The Hall–Kier alpha value is -3.20. The van der Waals surface area contributed by atoms with Gasteiger partial charge in [0.2, 0.25) is 0 Å². The summed E-state index contributed by atoms with van der Waals surface area (Å²) in [6, 6.07) is 7.80. The van der Waals surface area contributed by atoms with E-state index in [9.17, 15) is 22.8 Å². The van der Waals surface area contributed by atoms with Crippen LogP contribution in [0.25, 0.3) is 22.8 Å². The highest BCUT2D eigenvalue weighted by Gasteiger charge is 2.30. The van der Waals surface area contributed by atoms with Crippen molar-refractivity contribution in [3.8, 4) is 22.8 Å². The first-order valence-corrected chi connectivity index (χ1v) is 7.72. The number of nitrogens with one attached hydrogen (secondary N) is 1. The number of aromatic amines is 1. The fraction of sp³-hybridized carbons (Fsp3) is 0.0588. The van der Waals surface area contributed by atoms with Gasteiger partial charge < -0.3 is 5.11 Å². The number of halogens is 4. The Kier molecular flexibility index (Phi) is 4.71. The first-order valence-electron chi connectivity index (χ1n) is 7.34. The van der Waals surface area contributed by atoms with Crippen LogP contribution in [-0.4, -0.2) is 26.0 Å². The summed E-state index contributed by atoms with van der Waals surface area (Å²) in [5.74, 6) is -1.38. The standard InChI is InChI=1S/C17H9ClF3N3O3/c18-12-6-3-9(15(25)26)7-11(12)14-22-13(23-16(27)24-14)8-1-4-10(5-2-8)17(19,20)21/h1-7H,(H,25,26)(H,22,23,24,27). The molecular weight excluding hydrogens is 387 g/mol. The molecule has 6 nitrogen and oxygen atoms in total. The summed E-state index contributed by atoms with van der Waals surface area (Å²) in [4.78, 5) is 33.1. The Balaban J connectivity index is 2.09. The number of H-pyrrole nitrogens is 1. The third-order valence-corrected chi connectivity index (χ3v) is 3.92. The maximum atomic E-state index is 12.7. The molecule has 1 heterocycles. The van der Waals surface area contributed by atoms with Crippen LogP contribution < -0.4 is 5.69 Å². The third-order valence-electron chi connectivity index (χ3n) is 3.59. The lowest BCUT2D eigenvalue weighted by molar-refractivity contribution is -0.137. The maximum Gasteiger partial charge on any atom is 0.416 e. The number of carboxylic acids is 1. The number of carboxylic acid groups (broad SMARTS) is 1. The molecule has 0 unspecified atom stereocenters. The van der Waals surface area contributed by atoms with E-state index >= 15 is 0 Å². The minimum atomic E-state index is -4.50. The Morgan fingerprint density at radius 3 is 2.33 bits per heavy atom. The molecule has 0 saturated carbocycles. The Bertz CT molecular complexity index is 1080. The molecule has 2 aromatic carbocycles. The molecule has 1 aromatic heterocycles. The van der Waals surface area contributed by atoms with Gasteiger partial charge in [0, 0.05) is 11.1 Å². The summed E-state index contributed by atoms with van der Waals surface area (Å²) in [5, 5.41) is 9.22. The number of rotatable bonds is 3. The summed E-state index contributed by atoms with van der Waals surface area (Å²) in [6.45, 7) is 0. The smallest absolute Gasteiger partial charge is 0.416 e. The lowest BCUT2D eigenvalue weighted by atomic mass is 10.1. The van der Waals surface area contributed by atoms with Crippen LogP contribution in [0, 0.1) is 0 Å². The van der Waals surface area contributed by atoms with Crippen LogP contribution in [0.4, 0.5) is 13.2 Å². The highest BCUT2D eigenvalue weighted by molar-refractivity contribution is 6.33. The molecule has 0 bridgehead atoms. The van der Waals surface area contributed by atoms with Gasteiger partial charge >= 0.3 is 17.8 Å². The van der Waals surface area contributed by atoms with Gasteiger partial charge in [-0.2, -0.15) is 18.2 Å². The summed E-state index contributed by atoms with van der Waals surface area (Å²) < 4.78 is 38.0. The van der Waals surface area contributed by atoms with E-state index in [-0.39, 0.29) is 33.4 Å². The van der Waals surface area contributed by atoms with Crippen molar-refractivity contribution in [3.63, 3.8) is 0 Å². The average molecular weight is 396 g/mol. The molecule has 0 atom stereocenters. The molecule has 138 valence electrons. The van der Waals surface area contributed by atoms with E-state index in [1.807, 2.05) is 0 Å². The van der Waals surface area contributed by atoms with Crippen molar-refractivity contribution in [2.45, 2.75) is 6.18 Å². The summed E-state index contributed by atoms with van der Waals surface area (Å²) >= 11 is 6.06. The number of nitrogens with zero attached hydrogens (tertiary/aromatic N) is 2. The molecule has 0 aliphatic carbocycles. The SMILES string of the molecule is O=C(O)c1ccc(Cl)c(-c2nc(-c3ccc(C(F)(F)F)cc3)nc(=O)[nH]2)c1. The van der Waals surface area contributed by atoms with E-state index in [4.69, 9.17) is 16.7 Å². The van der Waals surface area contributed by atoms with Crippen LogP contribution >= 0.6 is 11.6 Å². The van der Waals surface area contributed by atoms with Gasteiger partial charge in [0.1, 0.15) is 5.82 Å². The number of hydrogen-bond acceptors (Lipinski definition) is 4. The number of benzene rings is 2. The normalized spacial score (nSPS) is 11.4. The molecule has 27 heavy (non-hydrogen) atoms. The van der Waals surface area contributed by atoms with Gasteiger partial charge in [-0.15, -0.1) is 0 Å².